The van der Waals surface area contributed by atoms with Crippen molar-refractivity contribution in [3.63, 3.8) is 0 Å². The third-order valence-electron chi connectivity index (χ3n) is 5.71. The molecule has 0 saturated carbocycles. The van der Waals surface area contributed by atoms with Gasteiger partial charge in [-0.3, -0.25) is 16.1 Å². The molecule has 2 aromatic carbocycles. The number of nitrogens with two attached hydrogens (primary N) is 1. The number of carbonyl (C=O) groups excluding carboxylic acids is 1. The van der Waals surface area contributed by atoms with Gasteiger partial charge in [-0.15, -0.1) is 11.3 Å². The quantitative estimate of drug-likeness (QED) is 0.361. The maximum atomic E-state index is 13.2. The first-order chi connectivity index (χ1) is 14.3. The van der Waals surface area contributed by atoms with Crippen molar-refractivity contribution in [3.05, 3.63) is 62.8 Å². The fraction of sp³-hybridized carbons (Fsp3) is 0.304. The van der Waals surface area contributed by atoms with Gasteiger partial charge in [0.2, 0.25) is 0 Å². The highest BCUT2D eigenvalue weighted by Gasteiger charge is 2.34. The van der Waals surface area contributed by atoms with E-state index in [9.17, 15) is 14.7 Å². The normalized spacial score (nSPS) is 15.0. The molecule has 156 valence electrons. The molecule has 0 aliphatic heterocycles. The molecule has 1 aromatic heterocycles. The third-order valence-corrected chi connectivity index (χ3v) is 7.00. The topological polar surface area (TPSA) is 104 Å². The first kappa shape index (κ1) is 20.5. The van der Waals surface area contributed by atoms with Gasteiger partial charge in [-0.05, 0) is 58.7 Å². The van der Waals surface area contributed by atoms with Crippen molar-refractivity contribution in [1.29, 1.82) is 0 Å². The van der Waals surface area contributed by atoms with Gasteiger partial charge in [-0.1, -0.05) is 38.1 Å². The predicted molar refractivity (Wildman–Crippen MR) is 120 cm³/mol. The number of aryl methyl sites for hydroxylation is 1. The van der Waals surface area contributed by atoms with Crippen LogP contribution in [-0.4, -0.2) is 17.0 Å². The summed E-state index contributed by atoms with van der Waals surface area (Å²) in [4.78, 5) is 26.5. The Hall–Kier alpha value is -2.74. The lowest BCUT2D eigenvalue weighted by Gasteiger charge is -2.29. The Morgan fingerprint density at radius 3 is 2.57 bits per heavy atom. The molecule has 0 bridgehead atoms. The number of benzene rings is 2. The van der Waals surface area contributed by atoms with Crippen LogP contribution < -0.4 is 16.6 Å². The lowest BCUT2D eigenvalue weighted by Crippen LogP contribution is -2.24. The highest BCUT2D eigenvalue weighted by atomic mass is 32.1. The van der Waals surface area contributed by atoms with E-state index >= 15 is 0 Å². The lowest BCUT2D eigenvalue weighted by molar-refractivity contribution is 0.0691. The smallest absolute Gasteiger partial charge is 0.337 e. The van der Waals surface area contributed by atoms with Gasteiger partial charge >= 0.3 is 5.97 Å². The highest BCUT2D eigenvalue weighted by Crippen LogP contribution is 2.42. The fourth-order valence-electron chi connectivity index (χ4n) is 4.15. The molecule has 0 atom stereocenters. The Morgan fingerprint density at radius 1 is 1.20 bits per heavy atom. The van der Waals surface area contributed by atoms with Crippen LogP contribution in [0.3, 0.4) is 0 Å². The zero-order valence-corrected chi connectivity index (χ0v) is 17.9. The number of hydrogen-bond donors (Lipinski definition) is 4. The maximum Gasteiger partial charge on any atom is 0.337 e. The minimum absolute atomic E-state index is 0.0321. The van der Waals surface area contributed by atoms with Crippen LogP contribution in [0.4, 0.5) is 5.69 Å². The molecular weight excluding hydrogens is 398 g/mol. The molecular formula is C23H25N3O3S. The Kier molecular flexibility index (Phi) is 5.36. The van der Waals surface area contributed by atoms with Crippen LogP contribution in [0.25, 0.3) is 10.8 Å². The Morgan fingerprint density at radius 2 is 1.90 bits per heavy atom. The van der Waals surface area contributed by atoms with Crippen LogP contribution in [0.1, 0.15) is 56.3 Å². The van der Waals surface area contributed by atoms with Gasteiger partial charge in [0.15, 0.2) is 0 Å². The molecule has 6 nitrogen and oxygen atoms in total. The van der Waals surface area contributed by atoms with Crippen molar-refractivity contribution >= 4 is 39.7 Å². The number of hydrogen-bond acceptors (Lipinski definition) is 5. The number of thiophene rings is 1. The largest absolute Gasteiger partial charge is 0.478 e. The van der Waals surface area contributed by atoms with Gasteiger partial charge in [0.1, 0.15) is 4.88 Å². The second-order valence-electron chi connectivity index (χ2n) is 8.55. The molecule has 0 fully saturated rings. The Balaban J connectivity index is 1.74. The summed E-state index contributed by atoms with van der Waals surface area (Å²) in [6, 6.07) is 11.7. The maximum absolute atomic E-state index is 13.2. The van der Waals surface area contributed by atoms with Gasteiger partial charge in [0, 0.05) is 17.1 Å². The molecule has 1 heterocycles. The second-order valence-corrected chi connectivity index (χ2v) is 9.65. The van der Waals surface area contributed by atoms with Gasteiger partial charge in [-0.2, -0.15) is 0 Å². The van der Waals surface area contributed by atoms with Crippen LogP contribution in [-0.2, 0) is 19.4 Å². The van der Waals surface area contributed by atoms with Crippen molar-refractivity contribution < 1.29 is 14.7 Å². The Bertz CT molecular complexity index is 1150. The summed E-state index contributed by atoms with van der Waals surface area (Å²) in [5.74, 6) is 4.10. The second kappa shape index (κ2) is 7.83. The van der Waals surface area contributed by atoms with Crippen LogP contribution in [0.15, 0.2) is 36.4 Å². The van der Waals surface area contributed by atoms with E-state index in [4.69, 9.17) is 5.84 Å². The van der Waals surface area contributed by atoms with Crippen molar-refractivity contribution in [2.75, 3.05) is 5.32 Å². The average Bonchev–Trinajstić information content (AvgIpc) is 3.06. The van der Waals surface area contributed by atoms with Crippen LogP contribution in [0.2, 0.25) is 0 Å². The molecule has 0 spiro atoms. The number of fused-ring (bicyclic) bond motifs is 2. The molecule has 5 N–H and O–H groups in total. The van der Waals surface area contributed by atoms with Gasteiger partial charge in [-0.25, -0.2) is 4.79 Å². The van der Waals surface area contributed by atoms with E-state index < -0.39 is 11.9 Å². The minimum atomic E-state index is -1.04. The van der Waals surface area contributed by atoms with E-state index in [2.05, 4.69) is 24.6 Å². The number of anilines is 1. The third kappa shape index (κ3) is 3.84. The molecule has 0 radical (unpaired) electrons. The lowest BCUT2D eigenvalue weighted by atomic mass is 9.76. The molecule has 1 amide bonds. The van der Waals surface area contributed by atoms with Gasteiger partial charge in [0.25, 0.3) is 5.91 Å². The van der Waals surface area contributed by atoms with Crippen molar-refractivity contribution in [3.8, 4) is 0 Å². The number of carbonyl (C=O) groups is 2. The number of aromatic carboxylic acids is 1. The monoisotopic (exact) mass is 423 g/mol. The van der Waals surface area contributed by atoms with E-state index in [1.165, 1.54) is 11.3 Å². The minimum Gasteiger partial charge on any atom is -0.478 e. The number of hydrazine groups is 1. The zero-order chi connectivity index (χ0) is 21.5. The van der Waals surface area contributed by atoms with Crippen molar-refractivity contribution in [2.24, 2.45) is 11.3 Å². The standard InChI is InChI=1S/C23H25N3O3S/c1-23(2)8-7-18-16(11-23)19(22(28)29)20(30-18)21(27)26-17-10-14-6-4-3-5-13(14)9-15(17)12-25-24/h3-6,9-10,25H,7-8,11-12,24H2,1-2H3,(H,26,27)(H,28,29). The average molecular weight is 424 g/mol. The van der Waals surface area contributed by atoms with Gasteiger partial charge < -0.3 is 10.4 Å². The van der Waals surface area contributed by atoms with Crippen LogP contribution in [0, 0.1) is 5.41 Å². The van der Waals surface area contributed by atoms with E-state index in [1.54, 1.807) is 0 Å². The summed E-state index contributed by atoms with van der Waals surface area (Å²) in [7, 11) is 0. The first-order valence-electron chi connectivity index (χ1n) is 9.93. The number of nitrogens with one attached hydrogen (secondary N) is 2. The summed E-state index contributed by atoms with van der Waals surface area (Å²) >= 11 is 1.31. The first-order valence-corrected chi connectivity index (χ1v) is 10.7. The van der Waals surface area contributed by atoms with Crippen LogP contribution >= 0.6 is 11.3 Å². The summed E-state index contributed by atoms with van der Waals surface area (Å²) < 4.78 is 0. The number of carboxylic acid groups (broad SMARTS) is 1. The van der Waals surface area contributed by atoms with Gasteiger partial charge in [0.05, 0.1) is 5.56 Å². The predicted octanol–water partition coefficient (Wildman–Crippen LogP) is 4.33. The molecule has 0 unspecified atom stereocenters. The SMILES string of the molecule is CC1(C)CCc2sc(C(=O)Nc3cc4ccccc4cc3CNN)c(C(=O)O)c2C1. The molecule has 30 heavy (non-hydrogen) atoms. The van der Waals surface area contributed by atoms with Crippen molar-refractivity contribution in [2.45, 2.75) is 39.7 Å². The van der Waals surface area contributed by atoms with E-state index in [0.29, 0.717) is 18.7 Å². The molecule has 0 saturated heterocycles. The molecule has 1 aliphatic carbocycles. The van der Waals surface area contributed by atoms with Crippen LogP contribution in [0.5, 0.6) is 0 Å². The summed E-state index contributed by atoms with van der Waals surface area (Å²) in [6.45, 7) is 4.65. The summed E-state index contributed by atoms with van der Waals surface area (Å²) in [6.07, 6.45) is 2.46. The molecule has 1 aliphatic rings. The zero-order valence-electron chi connectivity index (χ0n) is 17.0. The number of rotatable bonds is 5. The molecule has 3 aromatic rings. The van der Waals surface area contributed by atoms with E-state index in [1.807, 2.05) is 36.4 Å². The van der Waals surface area contributed by atoms with Crippen molar-refractivity contribution in [1.82, 2.24) is 5.43 Å². The molecule has 4 rings (SSSR count). The Labute approximate surface area is 179 Å². The molecule has 7 heteroatoms. The van der Waals surface area contributed by atoms with E-state index in [0.717, 1.165) is 39.6 Å². The van der Waals surface area contributed by atoms with E-state index in [-0.39, 0.29) is 15.9 Å². The summed E-state index contributed by atoms with van der Waals surface area (Å²) in [5, 5.41) is 14.8. The highest BCUT2D eigenvalue weighted by molar-refractivity contribution is 7.14. The number of carboxylic acids is 1. The summed E-state index contributed by atoms with van der Waals surface area (Å²) in [5.41, 5.74) is 5.10. The fourth-order valence-corrected chi connectivity index (χ4v) is 5.35. The number of amides is 1.